The van der Waals surface area contributed by atoms with E-state index in [2.05, 4.69) is 21.5 Å². The largest absolute Gasteiger partial charge is 0.493 e. The van der Waals surface area contributed by atoms with E-state index in [4.69, 9.17) is 9.47 Å². The van der Waals surface area contributed by atoms with Gasteiger partial charge in [0.2, 0.25) is 5.91 Å². The van der Waals surface area contributed by atoms with Gasteiger partial charge in [-0.1, -0.05) is 24.3 Å². The Kier molecular flexibility index (Phi) is 5.73. The average Bonchev–Trinajstić information content (AvgIpc) is 3.21. The van der Waals surface area contributed by atoms with Gasteiger partial charge in [0.15, 0.2) is 23.1 Å². The minimum atomic E-state index is -0.298. The van der Waals surface area contributed by atoms with E-state index >= 15 is 0 Å². The molecular formula is C24H21N5O3. The molecule has 4 aromatic rings. The number of benzene rings is 2. The third-order valence-electron chi connectivity index (χ3n) is 5.09. The molecule has 0 saturated heterocycles. The standard InChI is InChI=1S/C24H21N5O3/c1-15-10-22(27-19-7-5-4-6-18(15)19)29-24(17(13-25)14-26-29)28-23(30)12-16-8-9-20(31-2)21(11-16)32-3/h4-11,14H,12H2,1-3H3,(H,28,30). The molecule has 0 aliphatic heterocycles. The lowest BCUT2D eigenvalue weighted by Crippen LogP contribution is -2.18. The Bertz CT molecular complexity index is 1350. The molecule has 1 N–H and O–H groups in total. The van der Waals surface area contributed by atoms with Gasteiger partial charge >= 0.3 is 0 Å². The highest BCUT2D eigenvalue weighted by molar-refractivity contribution is 5.93. The maximum absolute atomic E-state index is 12.8. The molecule has 2 aromatic heterocycles. The summed E-state index contributed by atoms with van der Waals surface area (Å²) in [6.07, 6.45) is 1.50. The summed E-state index contributed by atoms with van der Waals surface area (Å²) in [5.74, 6) is 1.62. The van der Waals surface area contributed by atoms with E-state index in [0.717, 1.165) is 22.0 Å². The van der Waals surface area contributed by atoms with Crippen LogP contribution in [0.1, 0.15) is 16.7 Å². The van der Waals surface area contributed by atoms with Crippen molar-refractivity contribution in [2.24, 2.45) is 0 Å². The number of aryl methyl sites for hydroxylation is 1. The Morgan fingerprint density at radius 1 is 1.12 bits per heavy atom. The zero-order chi connectivity index (χ0) is 22.7. The second kappa shape index (κ2) is 8.78. The molecule has 8 heteroatoms. The van der Waals surface area contributed by atoms with Crippen LogP contribution in [0.15, 0.2) is 54.7 Å². The van der Waals surface area contributed by atoms with Gasteiger partial charge in [-0.2, -0.15) is 15.0 Å². The predicted octanol–water partition coefficient (Wildman–Crippen LogP) is 3.80. The second-order valence-corrected chi connectivity index (χ2v) is 7.16. The van der Waals surface area contributed by atoms with Crippen LogP contribution in [0.2, 0.25) is 0 Å². The first-order valence-electron chi connectivity index (χ1n) is 9.89. The molecule has 0 saturated carbocycles. The minimum absolute atomic E-state index is 0.0839. The maximum Gasteiger partial charge on any atom is 0.229 e. The van der Waals surface area contributed by atoms with Gasteiger partial charge in [0.05, 0.1) is 32.4 Å². The third-order valence-corrected chi connectivity index (χ3v) is 5.09. The molecule has 0 aliphatic rings. The summed E-state index contributed by atoms with van der Waals surface area (Å²) in [5, 5.41) is 17.7. The first-order valence-corrected chi connectivity index (χ1v) is 9.89. The number of methoxy groups -OCH3 is 2. The maximum atomic E-state index is 12.8. The fraction of sp³-hybridized carbons (Fsp3) is 0.167. The number of aromatic nitrogens is 3. The summed E-state index contributed by atoms with van der Waals surface area (Å²) in [4.78, 5) is 17.5. The smallest absolute Gasteiger partial charge is 0.229 e. The molecule has 0 bridgehead atoms. The molecule has 32 heavy (non-hydrogen) atoms. The Labute approximate surface area is 185 Å². The number of nitrogens with one attached hydrogen (secondary N) is 1. The molecule has 1 amide bonds. The van der Waals surface area contributed by atoms with E-state index in [1.54, 1.807) is 25.3 Å². The first kappa shape index (κ1) is 20.9. The number of ether oxygens (including phenoxy) is 2. The molecule has 0 unspecified atom stereocenters. The molecule has 0 fully saturated rings. The SMILES string of the molecule is COc1ccc(CC(=O)Nc2c(C#N)cnn2-c2cc(C)c3ccccc3n2)cc1OC. The van der Waals surface area contributed by atoms with Crippen molar-refractivity contribution in [3.63, 3.8) is 0 Å². The number of hydrogen-bond donors (Lipinski definition) is 1. The Morgan fingerprint density at radius 2 is 1.91 bits per heavy atom. The summed E-state index contributed by atoms with van der Waals surface area (Å²) in [6, 6.07) is 17.0. The monoisotopic (exact) mass is 427 g/mol. The molecule has 2 heterocycles. The first-order chi connectivity index (χ1) is 15.5. The van der Waals surface area contributed by atoms with Crippen LogP contribution in [0.3, 0.4) is 0 Å². The van der Waals surface area contributed by atoms with E-state index in [9.17, 15) is 10.1 Å². The minimum Gasteiger partial charge on any atom is -0.493 e. The molecule has 0 spiro atoms. The fourth-order valence-corrected chi connectivity index (χ4v) is 3.52. The quantitative estimate of drug-likeness (QED) is 0.502. The number of nitriles is 1. The molecule has 2 aromatic carbocycles. The van der Waals surface area contributed by atoms with E-state index in [-0.39, 0.29) is 23.7 Å². The number of anilines is 1. The lowest BCUT2D eigenvalue weighted by Gasteiger charge is -2.12. The normalized spacial score (nSPS) is 10.6. The lowest BCUT2D eigenvalue weighted by molar-refractivity contribution is -0.115. The zero-order valence-electron chi connectivity index (χ0n) is 17.9. The van der Waals surface area contributed by atoms with Crippen molar-refractivity contribution >= 4 is 22.6 Å². The van der Waals surface area contributed by atoms with E-state index < -0.39 is 0 Å². The van der Waals surface area contributed by atoms with Gasteiger partial charge in [0.25, 0.3) is 0 Å². The Balaban J connectivity index is 1.65. The highest BCUT2D eigenvalue weighted by Gasteiger charge is 2.17. The summed E-state index contributed by atoms with van der Waals surface area (Å²) >= 11 is 0. The Morgan fingerprint density at radius 3 is 2.66 bits per heavy atom. The van der Waals surface area contributed by atoms with Crippen LogP contribution in [0.4, 0.5) is 5.82 Å². The van der Waals surface area contributed by atoms with Gasteiger partial charge in [0.1, 0.15) is 11.6 Å². The number of para-hydroxylation sites is 1. The average molecular weight is 427 g/mol. The van der Waals surface area contributed by atoms with Crippen molar-refractivity contribution in [1.29, 1.82) is 5.26 Å². The number of rotatable bonds is 6. The van der Waals surface area contributed by atoms with Crippen LogP contribution in [-0.4, -0.2) is 34.9 Å². The molecule has 160 valence electrons. The van der Waals surface area contributed by atoms with Crippen molar-refractivity contribution < 1.29 is 14.3 Å². The summed E-state index contributed by atoms with van der Waals surface area (Å²) in [5.41, 5.74) is 2.81. The van der Waals surface area contributed by atoms with Crippen LogP contribution in [0.5, 0.6) is 11.5 Å². The number of pyridine rings is 1. The van der Waals surface area contributed by atoms with Crippen LogP contribution >= 0.6 is 0 Å². The third kappa shape index (κ3) is 3.96. The number of carbonyl (C=O) groups excluding carboxylic acids is 1. The molecule has 0 radical (unpaired) electrons. The molecular weight excluding hydrogens is 406 g/mol. The zero-order valence-corrected chi connectivity index (χ0v) is 17.9. The number of amides is 1. The van der Waals surface area contributed by atoms with Crippen LogP contribution in [0, 0.1) is 18.3 Å². The van der Waals surface area contributed by atoms with Crippen molar-refractivity contribution in [2.45, 2.75) is 13.3 Å². The van der Waals surface area contributed by atoms with Crippen LogP contribution in [-0.2, 0) is 11.2 Å². The van der Waals surface area contributed by atoms with Gasteiger partial charge in [-0.25, -0.2) is 4.98 Å². The van der Waals surface area contributed by atoms with Gasteiger partial charge < -0.3 is 14.8 Å². The Hall–Kier alpha value is -4.38. The molecule has 0 atom stereocenters. The predicted molar refractivity (Wildman–Crippen MR) is 120 cm³/mol. The molecule has 0 aliphatic carbocycles. The summed E-state index contributed by atoms with van der Waals surface area (Å²) < 4.78 is 12.0. The van der Waals surface area contributed by atoms with Gasteiger partial charge in [-0.05, 0) is 42.3 Å². The van der Waals surface area contributed by atoms with Crippen molar-refractivity contribution in [1.82, 2.24) is 14.8 Å². The highest BCUT2D eigenvalue weighted by atomic mass is 16.5. The van der Waals surface area contributed by atoms with Crippen molar-refractivity contribution in [3.8, 4) is 23.4 Å². The number of hydrogen-bond acceptors (Lipinski definition) is 6. The van der Waals surface area contributed by atoms with E-state index in [0.29, 0.717) is 17.3 Å². The molecule has 8 nitrogen and oxygen atoms in total. The lowest BCUT2D eigenvalue weighted by atomic mass is 10.1. The van der Waals surface area contributed by atoms with Gasteiger partial charge in [0, 0.05) is 5.39 Å². The number of nitrogens with zero attached hydrogens (tertiary/aromatic N) is 4. The van der Waals surface area contributed by atoms with Gasteiger partial charge in [-0.15, -0.1) is 0 Å². The molecule has 4 rings (SSSR count). The fourth-order valence-electron chi connectivity index (χ4n) is 3.52. The number of fused-ring (bicyclic) bond motifs is 1. The summed E-state index contributed by atoms with van der Waals surface area (Å²) in [7, 11) is 3.09. The van der Waals surface area contributed by atoms with Crippen molar-refractivity contribution in [3.05, 3.63) is 71.4 Å². The van der Waals surface area contributed by atoms with E-state index in [1.165, 1.54) is 18.0 Å². The topological polar surface area (TPSA) is 102 Å². The van der Waals surface area contributed by atoms with Gasteiger partial charge in [-0.3, -0.25) is 4.79 Å². The van der Waals surface area contributed by atoms with Crippen LogP contribution < -0.4 is 14.8 Å². The number of carbonyl (C=O) groups is 1. The second-order valence-electron chi connectivity index (χ2n) is 7.16. The summed E-state index contributed by atoms with van der Waals surface area (Å²) in [6.45, 7) is 1.98. The van der Waals surface area contributed by atoms with Crippen LogP contribution in [0.25, 0.3) is 16.7 Å². The van der Waals surface area contributed by atoms with Crippen molar-refractivity contribution in [2.75, 3.05) is 19.5 Å². The highest BCUT2D eigenvalue weighted by Crippen LogP contribution is 2.28. The van der Waals surface area contributed by atoms with E-state index in [1.807, 2.05) is 37.3 Å².